The zero-order chi connectivity index (χ0) is 21.9. The number of rotatable bonds is 11. The second-order valence-electron chi connectivity index (χ2n) is 7.81. The normalized spacial score (nSPS) is 11.9. The number of ether oxygens (including phenoxy) is 2. The Labute approximate surface area is 196 Å². The molecule has 0 N–H and O–H groups in total. The molecule has 0 fully saturated rings. The number of allylic oxidation sites excluding steroid dienone is 1. The first-order valence-electron chi connectivity index (χ1n) is 11.3. The van der Waals surface area contributed by atoms with Crippen LogP contribution in [0.1, 0.15) is 55.7 Å². The van der Waals surface area contributed by atoms with E-state index in [1.807, 2.05) is 12.1 Å². The number of methoxy groups -OCH3 is 1. The van der Waals surface area contributed by atoms with E-state index in [9.17, 15) is 0 Å². The first kappa shape index (κ1) is 23.3. The summed E-state index contributed by atoms with van der Waals surface area (Å²) in [6, 6.07) is 29.3. The van der Waals surface area contributed by atoms with Crippen molar-refractivity contribution in [2.75, 3.05) is 7.11 Å². The van der Waals surface area contributed by atoms with Gasteiger partial charge in [-0.05, 0) is 0 Å². The molecule has 0 aliphatic rings. The summed E-state index contributed by atoms with van der Waals surface area (Å²) < 4.78 is 14.6. The van der Waals surface area contributed by atoms with Crippen molar-refractivity contribution < 1.29 is 9.47 Å². The van der Waals surface area contributed by atoms with Crippen LogP contribution in [-0.4, -0.2) is 24.8 Å². The Bertz CT molecular complexity index is 894. The van der Waals surface area contributed by atoms with Crippen LogP contribution in [0.4, 0.5) is 0 Å². The molecule has 0 radical (unpaired) electrons. The molecule has 0 saturated heterocycles. The number of hydrogen-bond donors (Lipinski definition) is 0. The van der Waals surface area contributed by atoms with Crippen LogP contribution >= 0.6 is 0 Å². The zero-order valence-electron chi connectivity index (χ0n) is 19.0. The first-order valence-corrected chi connectivity index (χ1v) is 11.3. The van der Waals surface area contributed by atoms with E-state index in [0.29, 0.717) is 0 Å². The fourth-order valence-electron chi connectivity index (χ4n) is 4.03. The maximum absolute atomic E-state index is 7.02. The molecule has 0 aliphatic carbocycles. The summed E-state index contributed by atoms with van der Waals surface area (Å²) in [5.74, 6) is 1.87. The van der Waals surface area contributed by atoms with Crippen LogP contribution in [0.5, 0.6) is 5.75 Å². The van der Waals surface area contributed by atoms with Gasteiger partial charge in [-0.3, -0.25) is 0 Å². The second-order valence-corrected chi connectivity index (χ2v) is 7.81. The van der Waals surface area contributed by atoms with Gasteiger partial charge < -0.3 is 0 Å². The van der Waals surface area contributed by atoms with Gasteiger partial charge in [0.2, 0.25) is 0 Å². The predicted molar refractivity (Wildman–Crippen MR) is 129 cm³/mol. The van der Waals surface area contributed by atoms with E-state index in [4.69, 9.17) is 9.47 Å². The van der Waals surface area contributed by atoms with Gasteiger partial charge in [-0.15, -0.1) is 0 Å². The monoisotopic (exact) mass is 406 g/mol. The molecule has 0 heterocycles. The molecule has 3 rings (SSSR count). The maximum atomic E-state index is 7.02. The van der Waals surface area contributed by atoms with E-state index < -0.39 is 5.60 Å². The predicted octanol–water partition coefficient (Wildman–Crippen LogP) is 6.98. The summed E-state index contributed by atoms with van der Waals surface area (Å²) in [4.78, 5) is 0. The van der Waals surface area contributed by atoms with Gasteiger partial charge in [0, 0.05) is 0 Å². The van der Waals surface area contributed by atoms with Crippen LogP contribution in [0.15, 0.2) is 95.4 Å². The number of unbranched alkanes of at least 4 members (excludes halogenated alkanes) is 3. The average molecular weight is 406 g/mol. The van der Waals surface area contributed by atoms with Crippen LogP contribution in [0.2, 0.25) is 0 Å². The SMILES string of the molecule is [Li]/[CH]=C(\CCCCCC)OC(c1ccccc1)(c1ccccc1)c1ccc(OC)cc1. The summed E-state index contributed by atoms with van der Waals surface area (Å²) in [5.41, 5.74) is 2.57. The van der Waals surface area contributed by atoms with Gasteiger partial charge in [0.25, 0.3) is 0 Å². The van der Waals surface area contributed by atoms with Gasteiger partial charge in [0.1, 0.15) is 0 Å². The molecule has 3 aromatic carbocycles. The molecule has 0 bridgehead atoms. The van der Waals surface area contributed by atoms with Crippen molar-refractivity contribution in [1.82, 2.24) is 0 Å². The minimum absolute atomic E-state index is 0.735. The van der Waals surface area contributed by atoms with Crippen molar-refractivity contribution in [3.8, 4) is 5.75 Å². The van der Waals surface area contributed by atoms with Crippen LogP contribution < -0.4 is 4.74 Å². The van der Waals surface area contributed by atoms with Gasteiger partial charge in [-0.25, -0.2) is 0 Å². The van der Waals surface area contributed by atoms with Gasteiger partial charge in [0.15, 0.2) is 0 Å². The van der Waals surface area contributed by atoms with Gasteiger partial charge in [-0.1, -0.05) is 0 Å². The Morgan fingerprint density at radius 1 is 0.774 bits per heavy atom. The van der Waals surface area contributed by atoms with Crippen LogP contribution in [-0.2, 0) is 10.3 Å². The Morgan fingerprint density at radius 3 is 1.81 bits per heavy atom. The minimum atomic E-state index is -0.735. The quantitative estimate of drug-likeness (QED) is 0.148. The molecular weight excluding hydrogens is 375 g/mol. The third-order valence-electron chi connectivity index (χ3n) is 5.74. The van der Waals surface area contributed by atoms with E-state index in [1.54, 1.807) is 7.11 Å². The Morgan fingerprint density at radius 2 is 1.32 bits per heavy atom. The summed E-state index contributed by atoms with van der Waals surface area (Å²) in [6.07, 6.45) is 5.79. The van der Waals surface area contributed by atoms with E-state index >= 15 is 0 Å². The molecule has 0 aliphatic heterocycles. The van der Waals surface area contributed by atoms with E-state index in [0.717, 1.165) is 41.0 Å². The molecule has 0 atom stereocenters. The van der Waals surface area contributed by atoms with Crippen molar-refractivity contribution in [3.63, 3.8) is 0 Å². The summed E-state index contributed by atoms with van der Waals surface area (Å²) in [5, 5.41) is 0. The van der Waals surface area contributed by atoms with Crippen LogP contribution in [0.3, 0.4) is 0 Å². The molecule has 31 heavy (non-hydrogen) atoms. The number of benzene rings is 3. The molecule has 0 aromatic heterocycles. The van der Waals surface area contributed by atoms with E-state index in [2.05, 4.69) is 102 Å². The molecule has 156 valence electrons. The molecule has 2 nitrogen and oxygen atoms in total. The Hall–Kier alpha value is -2.40. The summed E-state index contributed by atoms with van der Waals surface area (Å²) in [6.45, 7) is 2.24. The Kier molecular flexibility index (Phi) is 8.89. The molecule has 0 unspecified atom stereocenters. The van der Waals surface area contributed by atoms with Gasteiger partial charge >= 0.3 is 197 Å². The first-order chi connectivity index (χ1) is 15.2. The average Bonchev–Trinajstić information content (AvgIpc) is 2.85. The molecule has 3 aromatic rings. The summed E-state index contributed by atoms with van der Waals surface area (Å²) >= 11 is 2.07. The van der Waals surface area contributed by atoms with E-state index in [1.165, 1.54) is 19.3 Å². The van der Waals surface area contributed by atoms with Gasteiger partial charge in [-0.2, -0.15) is 0 Å². The van der Waals surface area contributed by atoms with Crippen molar-refractivity contribution >= 4 is 17.7 Å². The van der Waals surface area contributed by atoms with Gasteiger partial charge in [0.05, 0.1) is 0 Å². The molecular formula is C28H31LiO2. The number of hydrogen-bond acceptors (Lipinski definition) is 2. The topological polar surface area (TPSA) is 18.5 Å². The summed E-state index contributed by atoms with van der Waals surface area (Å²) in [7, 11) is 1.70. The fraction of sp³-hybridized carbons (Fsp3) is 0.286. The van der Waals surface area contributed by atoms with Crippen molar-refractivity contribution in [2.45, 2.75) is 44.6 Å². The fourth-order valence-corrected chi connectivity index (χ4v) is 4.03. The molecule has 0 spiro atoms. The van der Waals surface area contributed by atoms with Crippen LogP contribution in [0.25, 0.3) is 0 Å². The standard InChI is InChI=1S/C28H31O2.Li/c1-4-5-6-9-14-23(2)30-28(24-15-10-7-11-16-24,25-17-12-8-13-18-25)26-19-21-27(29-3)22-20-26;/h2,7-8,10-13,15-22H,4-6,9,14H2,1,3H3;. The third-order valence-corrected chi connectivity index (χ3v) is 5.74. The van der Waals surface area contributed by atoms with Crippen molar-refractivity contribution in [2.24, 2.45) is 0 Å². The van der Waals surface area contributed by atoms with Crippen molar-refractivity contribution in [3.05, 3.63) is 112 Å². The van der Waals surface area contributed by atoms with Crippen LogP contribution in [0, 0.1) is 0 Å². The second kappa shape index (κ2) is 11.8. The Balaban J connectivity index is 2.12. The zero-order valence-corrected chi connectivity index (χ0v) is 19.0. The van der Waals surface area contributed by atoms with Crippen molar-refractivity contribution in [1.29, 1.82) is 0 Å². The van der Waals surface area contributed by atoms with E-state index in [-0.39, 0.29) is 0 Å². The third kappa shape index (κ3) is 5.65. The molecule has 0 saturated carbocycles. The molecule has 0 amide bonds. The molecule has 3 heteroatoms.